The van der Waals surface area contributed by atoms with Crippen molar-refractivity contribution >= 4 is 0 Å². The first-order chi connectivity index (χ1) is 6.70. The molecule has 1 saturated carbocycles. The van der Waals surface area contributed by atoms with Gasteiger partial charge in [-0.15, -0.1) is 6.58 Å². The molecule has 3 heteroatoms. The molecule has 0 aromatic heterocycles. The molecule has 82 valence electrons. The summed E-state index contributed by atoms with van der Waals surface area (Å²) in [6, 6.07) is 0. The zero-order chi connectivity index (χ0) is 10.4. The van der Waals surface area contributed by atoms with Crippen LogP contribution in [0.15, 0.2) is 12.7 Å². The maximum absolute atomic E-state index is 8.86. The summed E-state index contributed by atoms with van der Waals surface area (Å²) in [6.07, 6.45) is 6.51. The van der Waals surface area contributed by atoms with E-state index in [4.69, 9.17) is 10.8 Å². The van der Waals surface area contributed by atoms with Crippen molar-refractivity contribution in [2.75, 3.05) is 26.2 Å². The SMILES string of the molecule is C=CCN(CCO)CCC1(N)CCC1. The van der Waals surface area contributed by atoms with Crippen LogP contribution in [0.5, 0.6) is 0 Å². The fourth-order valence-corrected chi connectivity index (χ4v) is 1.88. The van der Waals surface area contributed by atoms with Crippen LogP contribution in [0, 0.1) is 0 Å². The molecule has 14 heavy (non-hydrogen) atoms. The van der Waals surface area contributed by atoms with Crippen molar-refractivity contribution in [2.24, 2.45) is 5.73 Å². The molecule has 0 atom stereocenters. The lowest BCUT2D eigenvalue weighted by molar-refractivity contribution is 0.165. The van der Waals surface area contributed by atoms with Crippen molar-refractivity contribution in [3.05, 3.63) is 12.7 Å². The molecule has 0 saturated heterocycles. The van der Waals surface area contributed by atoms with Crippen LogP contribution in [-0.4, -0.2) is 41.8 Å². The summed E-state index contributed by atoms with van der Waals surface area (Å²) in [4.78, 5) is 2.19. The fraction of sp³-hybridized carbons (Fsp3) is 0.818. The first-order valence-electron chi connectivity index (χ1n) is 5.43. The Balaban J connectivity index is 2.21. The number of rotatable bonds is 7. The lowest BCUT2D eigenvalue weighted by Crippen LogP contribution is -2.49. The van der Waals surface area contributed by atoms with Gasteiger partial charge in [0.2, 0.25) is 0 Å². The second-order valence-corrected chi connectivity index (χ2v) is 4.28. The average molecular weight is 198 g/mol. The van der Waals surface area contributed by atoms with Crippen molar-refractivity contribution in [3.8, 4) is 0 Å². The zero-order valence-electron chi connectivity index (χ0n) is 8.91. The Hall–Kier alpha value is -0.380. The van der Waals surface area contributed by atoms with Gasteiger partial charge in [-0.1, -0.05) is 6.08 Å². The molecule has 0 heterocycles. The highest BCUT2D eigenvalue weighted by Gasteiger charge is 2.32. The minimum absolute atomic E-state index is 0.0921. The van der Waals surface area contributed by atoms with Crippen LogP contribution in [-0.2, 0) is 0 Å². The van der Waals surface area contributed by atoms with Crippen molar-refractivity contribution < 1.29 is 5.11 Å². The maximum atomic E-state index is 8.86. The van der Waals surface area contributed by atoms with E-state index in [1.807, 2.05) is 6.08 Å². The Morgan fingerprint density at radius 2 is 2.14 bits per heavy atom. The van der Waals surface area contributed by atoms with Crippen LogP contribution in [0.4, 0.5) is 0 Å². The molecule has 1 rings (SSSR count). The molecule has 1 aliphatic carbocycles. The van der Waals surface area contributed by atoms with Gasteiger partial charge in [-0.25, -0.2) is 0 Å². The average Bonchev–Trinajstić information content (AvgIpc) is 2.12. The summed E-state index contributed by atoms with van der Waals surface area (Å²) in [5.41, 5.74) is 6.22. The van der Waals surface area contributed by atoms with E-state index in [1.54, 1.807) is 0 Å². The lowest BCUT2D eigenvalue weighted by Gasteiger charge is -2.39. The second kappa shape index (κ2) is 5.49. The lowest BCUT2D eigenvalue weighted by atomic mass is 9.75. The summed E-state index contributed by atoms with van der Waals surface area (Å²) >= 11 is 0. The normalized spacial score (nSPS) is 19.4. The van der Waals surface area contributed by atoms with Gasteiger partial charge in [-0.3, -0.25) is 4.90 Å². The predicted molar refractivity (Wildman–Crippen MR) is 59.1 cm³/mol. The second-order valence-electron chi connectivity index (χ2n) is 4.28. The van der Waals surface area contributed by atoms with Crippen LogP contribution < -0.4 is 5.73 Å². The molecule has 0 aromatic rings. The summed E-state index contributed by atoms with van der Waals surface area (Å²) in [7, 11) is 0. The van der Waals surface area contributed by atoms with E-state index in [0.717, 1.165) is 38.9 Å². The van der Waals surface area contributed by atoms with Crippen LogP contribution in [0.2, 0.25) is 0 Å². The fourth-order valence-electron chi connectivity index (χ4n) is 1.88. The van der Waals surface area contributed by atoms with Crippen LogP contribution in [0.3, 0.4) is 0 Å². The highest BCUT2D eigenvalue weighted by Crippen LogP contribution is 2.32. The van der Waals surface area contributed by atoms with Gasteiger partial charge in [0.1, 0.15) is 0 Å². The summed E-state index contributed by atoms with van der Waals surface area (Å²) in [5.74, 6) is 0. The van der Waals surface area contributed by atoms with Crippen molar-refractivity contribution in [1.29, 1.82) is 0 Å². The summed E-state index contributed by atoms with van der Waals surface area (Å²) < 4.78 is 0. The largest absolute Gasteiger partial charge is 0.395 e. The van der Waals surface area contributed by atoms with Crippen molar-refractivity contribution in [2.45, 2.75) is 31.2 Å². The minimum Gasteiger partial charge on any atom is -0.395 e. The molecule has 3 N–H and O–H groups in total. The highest BCUT2D eigenvalue weighted by atomic mass is 16.3. The number of aliphatic hydroxyl groups excluding tert-OH is 1. The quantitative estimate of drug-likeness (QED) is 0.593. The third kappa shape index (κ3) is 3.40. The van der Waals surface area contributed by atoms with Gasteiger partial charge in [-0.05, 0) is 25.7 Å². The molecule has 3 nitrogen and oxygen atoms in total. The van der Waals surface area contributed by atoms with E-state index < -0.39 is 0 Å². The van der Waals surface area contributed by atoms with Crippen LogP contribution in [0.25, 0.3) is 0 Å². The molecule has 0 bridgehead atoms. The molecule has 1 aliphatic rings. The third-order valence-corrected chi connectivity index (χ3v) is 3.08. The van der Waals surface area contributed by atoms with Crippen molar-refractivity contribution in [1.82, 2.24) is 4.90 Å². The molecule has 0 radical (unpaired) electrons. The number of aliphatic hydroxyl groups is 1. The van der Waals surface area contributed by atoms with Gasteiger partial charge in [0.25, 0.3) is 0 Å². The van der Waals surface area contributed by atoms with Gasteiger partial charge in [0.05, 0.1) is 6.61 Å². The number of nitrogens with zero attached hydrogens (tertiary/aromatic N) is 1. The van der Waals surface area contributed by atoms with E-state index >= 15 is 0 Å². The monoisotopic (exact) mass is 198 g/mol. The van der Waals surface area contributed by atoms with Gasteiger partial charge < -0.3 is 10.8 Å². The smallest absolute Gasteiger partial charge is 0.0558 e. The molecular formula is C11H22N2O. The van der Waals surface area contributed by atoms with Crippen LogP contribution >= 0.6 is 0 Å². The molecule has 0 amide bonds. The summed E-state index contributed by atoms with van der Waals surface area (Å²) in [6.45, 7) is 6.46. The van der Waals surface area contributed by atoms with E-state index in [2.05, 4.69) is 11.5 Å². The third-order valence-electron chi connectivity index (χ3n) is 3.08. The molecule has 1 fully saturated rings. The summed E-state index contributed by atoms with van der Waals surface area (Å²) in [5, 5.41) is 8.86. The molecule has 0 aliphatic heterocycles. The van der Waals surface area contributed by atoms with Gasteiger partial charge in [-0.2, -0.15) is 0 Å². The molecule has 0 unspecified atom stereocenters. The molecule has 0 spiro atoms. The first-order valence-corrected chi connectivity index (χ1v) is 5.43. The van der Waals surface area contributed by atoms with E-state index in [9.17, 15) is 0 Å². The van der Waals surface area contributed by atoms with E-state index in [1.165, 1.54) is 6.42 Å². The van der Waals surface area contributed by atoms with Crippen LogP contribution in [0.1, 0.15) is 25.7 Å². The Labute approximate surface area is 86.6 Å². The Morgan fingerprint density at radius 1 is 1.43 bits per heavy atom. The highest BCUT2D eigenvalue weighted by molar-refractivity contribution is 4.93. The predicted octanol–water partition coefficient (Wildman–Crippen LogP) is 0.738. The number of hydrogen-bond donors (Lipinski definition) is 2. The molecular weight excluding hydrogens is 176 g/mol. The zero-order valence-corrected chi connectivity index (χ0v) is 8.91. The molecule has 0 aromatic carbocycles. The Bertz CT molecular complexity index is 178. The Kier molecular flexibility index (Phi) is 4.58. The number of hydrogen-bond acceptors (Lipinski definition) is 3. The number of nitrogens with two attached hydrogens (primary N) is 1. The van der Waals surface area contributed by atoms with Gasteiger partial charge >= 0.3 is 0 Å². The van der Waals surface area contributed by atoms with Gasteiger partial charge in [0.15, 0.2) is 0 Å². The maximum Gasteiger partial charge on any atom is 0.0558 e. The van der Waals surface area contributed by atoms with E-state index in [-0.39, 0.29) is 12.1 Å². The van der Waals surface area contributed by atoms with E-state index in [0.29, 0.717) is 0 Å². The van der Waals surface area contributed by atoms with Gasteiger partial charge in [0, 0.05) is 25.2 Å². The van der Waals surface area contributed by atoms with Crippen molar-refractivity contribution in [3.63, 3.8) is 0 Å². The Morgan fingerprint density at radius 3 is 2.57 bits per heavy atom. The standard InChI is InChI=1S/C11H22N2O/c1-2-7-13(9-10-14)8-6-11(12)4-3-5-11/h2,14H,1,3-10,12H2. The topological polar surface area (TPSA) is 49.5 Å². The first kappa shape index (κ1) is 11.7. The minimum atomic E-state index is 0.0921.